The number of rotatable bonds is 8. The van der Waals surface area contributed by atoms with E-state index in [4.69, 9.17) is 0 Å². The lowest BCUT2D eigenvalue weighted by Crippen LogP contribution is -2.24. The minimum atomic E-state index is 0.432. The van der Waals surface area contributed by atoms with Crippen molar-refractivity contribution in [3.63, 3.8) is 0 Å². The topological polar surface area (TPSA) is 42.7 Å². The number of benzene rings is 1. The Morgan fingerprint density at radius 2 is 1.95 bits per heavy atom. The first-order chi connectivity index (χ1) is 10.2. The van der Waals surface area contributed by atoms with Crippen molar-refractivity contribution in [2.24, 2.45) is 5.92 Å². The van der Waals surface area contributed by atoms with Gasteiger partial charge < -0.3 is 5.32 Å². The highest BCUT2D eigenvalue weighted by atomic mass is 15.3. The molecule has 0 fully saturated rings. The largest absolute Gasteiger partial charge is 0.316 e. The van der Waals surface area contributed by atoms with E-state index in [1.54, 1.807) is 6.33 Å². The smallest absolute Gasteiger partial charge is 0.138 e. The van der Waals surface area contributed by atoms with Crippen LogP contribution in [0.4, 0.5) is 0 Å². The zero-order valence-electron chi connectivity index (χ0n) is 13.3. The summed E-state index contributed by atoms with van der Waals surface area (Å²) in [4.78, 5) is 4.47. The third-order valence-corrected chi connectivity index (χ3v) is 3.57. The molecule has 21 heavy (non-hydrogen) atoms. The summed E-state index contributed by atoms with van der Waals surface area (Å²) in [6.45, 7) is 9.44. The van der Waals surface area contributed by atoms with E-state index in [1.165, 1.54) is 5.56 Å². The van der Waals surface area contributed by atoms with Gasteiger partial charge in [-0.25, -0.2) is 9.67 Å². The molecule has 0 saturated heterocycles. The minimum absolute atomic E-state index is 0.432. The van der Waals surface area contributed by atoms with Crippen LogP contribution in [0.5, 0.6) is 0 Å². The van der Waals surface area contributed by atoms with Crippen LogP contribution in [0.1, 0.15) is 38.1 Å². The molecule has 1 unspecified atom stereocenters. The molecule has 0 radical (unpaired) electrons. The van der Waals surface area contributed by atoms with E-state index >= 15 is 0 Å². The van der Waals surface area contributed by atoms with Crippen molar-refractivity contribution in [3.05, 3.63) is 48.0 Å². The van der Waals surface area contributed by atoms with Gasteiger partial charge in [0.2, 0.25) is 0 Å². The second-order valence-electron chi connectivity index (χ2n) is 5.87. The van der Waals surface area contributed by atoms with E-state index in [2.05, 4.69) is 66.5 Å². The Balaban J connectivity index is 2.13. The Hall–Kier alpha value is -1.68. The molecule has 0 aliphatic heterocycles. The van der Waals surface area contributed by atoms with Gasteiger partial charge in [0.05, 0.1) is 0 Å². The summed E-state index contributed by atoms with van der Waals surface area (Å²) in [6.07, 6.45) is 2.59. The van der Waals surface area contributed by atoms with Gasteiger partial charge >= 0.3 is 0 Å². The Morgan fingerprint density at radius 3 is 2.62 bits per heavy atom. The Kier molecular flexibility index (Phi) is 5.93. The number of nitrogens with one attached hydrogen (secondary N) is 1. The molecule has 0 bridgehead atoms. The summed E-state index contributed by atoms with van der Waals surface area (Å²) >= 11 is 0. The van der Waals surface area contributed by atoms with Crippen LogP contribution in [0.15, 0.2) is 36.7 Å². The Labute approximate surface area is 127 Å². The van der Waals surface area contributed by atoms with Crippen LogP contribution in [0.25, 0.3) is 0 Å². The SMILES string of the molecule is CCNCC(Cc1ncnn1CC(C)C)c1ccccc1. The first-order valence-corrected chi connectivity index (χ1v) is 7.83. The van der Waals surface area contributed by atoms with Crippen molar-refractivity contribution >= 4 is 0 Å². The van der Waals surface area contributed by atoms with Crippen LogP contribution in [0.2, 0.25) is 0 Å². The first-order valence-electron chi connectivity index (χ1n) is 7.83. The molecule has 2 aromatic rings. The molecule has 1 aromatic heterocycles. The van der Waals surface area contributed by atoms with Crippen molar-refractivity contribution in [2.75, 3.05) is 13.1 Å². The molecule has 0 saturated carbocycles. The van der Waals surface area contributed by atoms with Gasteiger partial charge in [-0.15, -0.1) is 0 Å². The molecule has 0 aliphatic carbocycles. The van der Waals surface area contributed by atoms with E-state index in [-0.39, 0.29) is 0 Å². The molecule has 1 N–H and O–H groups in total. The van der Waals surface area contributed by atoms with Crippen LogP contribution < -0.4 is 5.32 Å². The van der Waals surface area contributed by atoms with E-state index in [9.17, 15) is 0 Å². The highest BCUT2D eigenvalue weighted by Gasteiger charge is 2.16. The lowest BCUT2D eigenvalue weighted by molar-refractivity contribution is 0.455. The number of hydrogen-bond donors (Lipinski definition) is 1. The minimum Gasteiger partial charge on any atom is -0.316 e. The van der Waals surface area contributed by atoms with Crippen molar-refractivity contribution in [1.29, 1.82) is 0 Å². The summed E-state index contributed by atoms with van der Waals surface area (Å²) in [7, 11) is 0. The zero-order chi connectivity index (χ0) is 15.1. The average molecular weight is 286 g/mol. The second kappa shape index (κ2) is 7.93. The fraction of sp³-hybridized carbons (Fsp3) is 0.529. The fourth-order valence-corrected chi connectivity index (χ4v) is 2.52. The van der Waals surface area contributed by atoms with Gasteiger partial charge in [-0.05, 0) is 18.0 Å². The van der Waals surface area contributed by atoms with Gasteiger partial charge in [-0.3, -0.25) is 0 Å². The van der Waals surface area contributed by atoms with Crippen molar-refractivity contribution in [2.45, 2.75) is 39.7 Å². The average Bonchev–Trinajstić information content (AvgIpc) is 2.90. The van der Waals surface area contributed by atoms with Gasteiger partial charge in [0.15, 0.2) is 0 Å². The molecule has 0 spiro atoms. The normalized spacial score (nSPS) is 12.8. The highest BCUT2D eigenvalue weighted by molar-refractivity contribution is 5.21. The maximum atomic E-state index is 4.47. The predicted octanol–water partition coefficient (Wildman–Crippen LogP) is 2.87. The zero-order valence-corrected chi connectivity index (χ0v) is 13.3. The summed E-state index contributed by atoms with van der Waals surface area (Å²) in [5.41, 5.74) is 1.36. The maximum Gasteiger partial charge on any atom is 0.138 e. The molecular weight excluding hydrogens is 260 g/mol. The van der Waals surface area contributed by atoms with E-state index in [0.717, 1.165) is 31.9 Å². The van der Waals surface area contributed by atoms with Crippen molar-refractivity contribution < 1.29 is 0 Å². The van der Waals surface area contributed by atoms with Gasteiger partial charge in [-0.1, -0.05) is 51.1 Å². The monoisotopic (exact) mass is 286 g/mol. The predicted molar refractivity (Wildman–Crippen MR) is 86.3 cm³/mol. The van der Waals surface area contributed by atoms with Crippen molar-refractivity contribution in [3.8, 4) is 0 Å². The Morgan fingerprint density at radius 1 is 1.19 bits per heavy atom. The fourth-order valence-electron chi connectivity index (χ4n) is 2.52. The second-order valence-corrected chi connectivity index (χ2v) is 5.87. The molecule has 1 atom stereocenters. The lowest BCUT2D eigenvalue weighted by atomic mass is 9.95. The van der Waals surface area contributed by atoms with Crippen LogP contribution in [0.3, 0.4) is 0 Å². The standard InChI is InChI=1S/C17H26N4/c1-4-18-11-16(15-8-6-5-7-9-15)10-17-19-13-20-21(17)12-14(2)3/h5-9,13-14,16,18H,4,10-12H2,1-3H3. The Bertz CT molecular complexity index is 519. The summed E-state index contributed by atoms with van der Waals surface area (Å²) in [5.74, 6) is 2.09. The number of nitrogens with zero attached hydrogens (tertiary/aromatic N) is 3. The summed E-state index contributed by atoms with van der Waals surface area (Å²) in [5, 5.41) is 7.83. The highest BCUT2D eigenvalue weighted by Crippen LogP contribution is 2.19. The maximum absolute atomic E-state index is 4.47. The van der Waals surface area contributed by atoms with Crippen LogP contribution in [-0.4, -0.2) is 27.9 Å². The van der Waals surface area contributed by atoms with Crippen LogP contribution in [0, 0.1) is 5.92 Å². The number of likely N-dealkylation sites (N-methyl/N-ethyl adjacent to an activating group) is 1. The van der Waals surface area contributed by atoms with Gasteiger partial charge in [-0.2, -0.15) is 5.10 Å². The first kappa shape index (κ1) is 15.7. The molecule has 0 aliphatic rings. The van der Waals surface area contributed by atoms with Gasteiger partial charge in [0.1, 0.15) is 12.2 Å². The van der Waals surface area contributed by atoms with Crippen LogP contribution in [-0.2, 0) is 13.0 Å². The quantitative estimate of drug-likeness (QED) is 0.811. The number of hydrogen-bond acceptors (Lipinski definition) is 3. The van der Waals surface area contributed by atoms with Gasteiger partial charge in [0, 0.05) is 25.4 Å². The van der Waals surface area contributed by atoms with E-state index in [1.807, 2.05) is 4.68 Å². The summed E-state index contributed by atoms with van der Waals surface area (Å²) in [6, 6.07) is 10.7. The molecule has 2 rings (SSSR count). The van der Waals surface area contributed by atoms with E-state index in [0.29, 0.717) is 11.8 Å². The van der Waals surface area contributed by atoms with Crippen LogP contribution >= 0.6 is 0 Å². The molecule has 4 heteroatoms. The van der Waals surface area contributed by atoms with Gasteiger partial charge in [0.25, 0.3) is 0 Å². The molecule has 1 aromatic carbocycles. The molecule has 1 heterocycles. The molecule has 4 nitrogen and oxygen atoms in total. The molecule has 114 valence electrons. The van der Waals surface area contributed by atoms with Crippen molar-refractivity contribution in [1.82, 2.24) is 20.1 Å². The third-order valence-electron chi connectivity index (χ3n) is 3.57. The molecular formula is C17H26N4. The summed E-state index contributed by atoms with van der Waals surface area (Å²) < 4.78 is 2.05. The number of aromatic nitrogens is 3. The van der Waals surface area contributed by atoms with E-state index < -0.39 is 0 Å². The third kappa shape index (κ3) is 4.67. The molecule has 0 amide bonds. The lowest BCUT2D eigenvalue weighted by Gasteiger charge is -2.18.